The van der Waals surface area contributed by atoms with Crippen LogP contribution >= 0.6 is 0 Å². The summed E-state index contributed by atoms with van der Waals surface area (Å²) in [5.41, 5.74) is 3.11. The van der Waals surface area contributed by atoms with Gasteiger partial charge in [-0.2, -0.15) is 0 Å². The van der Waals surface area contributed by atoms with Crippen LogP contribution < -0.4 is 9.62 Å². The normalized spacial score (nSPS) is 13.0. The maximum atomic E-state index is 12.5. The zero-order chi connectivity index (χ0) is 18.6. The number of benzene rings is 2. The van der Waals surface area contributed by atoms with Crippen molar-refractivity contribution >= 4 is 15.7 Å². The number of aryl methyl sites for hydroxylation is 1. The Morgan fingerprint density at radius 2 is 1.64 bits per heavy atom. The van der Waals surface area contributed by atoms with E-state index in [1.54, 1.807) is 18.2 Å². The Labute approximate surface area is 151 Å². The molecule has 0 saturated heterocycles. The fourth-order valence-corrected chi connectivity index (χ4v) is 3.79. The van der Waals surface area contributed by atoms with Crippen molar-refractivity contribution in [2.45, 2.75) is 17.9 Å². The molecule has 0 aliphatic rings. The fraction of sp³-hybridized carbons (Fsp3) is 0.368. The first-order valence-electron chi connectivity index (χ1n) is 8.21. The number of nitrogens with zero attached hydrogens (tertiary/aromatic N) is 2. The lowest BCUT2D eigenvalue weighted by atomic mass is 10.1. The SMILES string of the molecule is Cc1cccc(S(=O)(=O)NC[C@H](c2ccc(N(C)C)cc2)N(C)C)c1. The van der Waals surface area contributed by atoms with E-state index in [-0.39, 0.29) is 6.04 Å². The zero-order valence-electron chi connectivity index (χ0n) is 15.5. The Morgan fingerprint density at radius 3 is 2.16 bits per heavy atom. The molecule has 2 aromatic carbocycles. The van der Waals surface area contributed by atoms with Crippen LogP contribution in [0.5, 0.6) is 0 Å². The summed E-state index contributed by atoms with van der Waals surface area (Å²) in [5, 5.41) is 0. The third-order valence-electron chi connectivity index (χ3n) is 4.18. The van der Waals surface area contributed by atoms with E-state index in [1.165, 1.54) is 0 Å². The monoisotopic (exact) mass is 361 g/mol. The van der Waals surface area contributed by atoms with E-state index in [0.717, 1.165) is 16.8 Å². The van der Waals surface area contributed by atoms with Gasteiger partial charge in [-0.3, -0.25) is 0 Å². The van der Waals surface area contributed by atoms with Gasteiger partial charge in [-0.05, 0) is 56.4 Å². The first-order chi connectivity index (χ1) is 11.7. The number of anilines is 1. The minimum Gasteiger partial charge on any atom is -0.378 e. The second kappa shape index (κ2) is 7.99. The van der Waals surface area contributed by atoms with E-state index in [0.29, 0.717) is 11.4 Å². The topological polar surface area (TPSA) is 52.7 Å². The van der Waals surface area contributed by atoms with Crippen molar-refractivity contribution in [1.29, 1.82) is 0 Å². The van der Waals surface area contributed by atoms with Crippen molar-refractivity contribution in [1.82, 2.24) is 9.62 Å². The highest BCUT2D eigenvalue weighted by molar-refractivity contribution is 7.89. The number of hydrogen-bond acceptors (Lipinski definition) is 4. The molecule has 0 spiro atoms. The zero-order valence-corrected chi connectivity index (χ0v) is 16.3. The summed E-state index contributed by atoms with van der Waals surface area (Å²) in [4.78, 5) is 4.35. The Hall–Kier alpha value is -1.89. The number of hydrogen-bond donors (Lipinski definition) is 1. The van der Waals surface area contributed by atoms with Gasteiger partial charge >= 0.3 is 0 Å². The van der Waals surface area contributed by atoms with Crippen LogP contribution in [0.1, 0.15) is 17.2 Å². The molecule has 6 heteroatoms. The molecule has 0 amide bonds. The number of sulfonamides is 1. The molecule has 0 aromatic heterocycles. The lowest BCUT2D eigenvalue weighted by molar-refractivity contribution is 0.299. The van der Waals surface area contributed by atoms with Gasteiger partial charge in [0.2, 0.25) is 10.0 Å². The molecule has 0 radical (unpaired) electrons. The molecule has 0 aliphatic heterocycles. The Bertz CT molecular complexity index is 800. The first kappa shape index (κ1) is 19.4. The summed E-state index contributed by atoms with van der Waals surface area (Å²) < 4.78 is 27.8. The van der Waals surface area contributed by atoms with Crippen LogP contribution in [0.2, 0.25) is 0 Å². The van der Waals surface area contributed by atoms with Crippen molar-refractivity contribution in [3.05, 3.63) is 59.7 Å². The molecule has 1 N–H and O–H groups in total. The van der Waals surface area contributed by atoms with E-state index in [2.05, 4.69) is 4.72 Å². The van der Waals surface area contributed by atoms with E-state index >= 15 is 0 Å². The molecular formula is C19H27N3O2S. The fourth-order valence-electron chi connectivity index (χ4n) is 2.65. The van der Waals surface area contributed by atoms with Gasteiger partial charge in [-0.15, -0.1) is 0 Å². The molecule has 2 rings (SSSR count). The van der Waals surface area contributed by atoms with Gasteiger partial charge in [0.15, 0.2) is 0 Å². The Balaban J connectivity index is 2.17. The summed E-state index contributed by atoms with van der Waals surface area (Å²) in [6.07, 6.45) is 0. The van der Waals surface area contributed by atoms with E-state index in [1.807, 2.05) is 75.2 Å². The number of rotatable bonds is 7. The lowest BCUT2D eigenvalue weighted by Gasteiger charge is -2.25. The second-order valence-corrected chi connectivity index (χ2v) is 8.40. The molecule has 0 saturated carbocycles. The van der Waals surface area contributed by atoms with Crippen LogP contribution in [0.15, 0.2) is 53.4 Å². The molecule has 2 aromatic rings. The third-order valence-corrected chi connectivity index (χ3v) is 5.61. The van der Waals surface area contributed by atoms with Gasteiger partial charge in [-0.25, -0.2) is 13.1 Å². The smallest absolute Gasteiger partial charge is 0.240 e. The molecule has 0 heterocycles. The summed E-state index contributed by atoms with van der Waals surface area (Å²) in [6.45, 7) is 2.19. The average molecular weight is 362 g/mol. The maximum absolute atomic E-state index is 12.5. The van der Waals surface area contributed by atoms with Gasteiger partial charge < -0.3 is 9.80 Å². The molecule has 0 aliphatic carbocycles. The third kappa shape index (κ3) is 5.04. The van der Waals surface area contributed by atoms with Crippen LogP contribution in [0, 0.1) is 6.92 Å². The van der Waals surface area contributed by atoms with Gasteiger partial charge in [0, 0.05) is 32.4 Å². The predicted octanol–water partition coefficient (Wildman–Crippen LogP) is 2.64. The number of nitrogens with one attached hydrogen (secondary N) is 1. The van der Waals surface area contributed by atoms with Crippen molar-refractivity contribution < 1.29 is 8.42 Å². The van der Waals surface area contributed by atoms with Crippen LogP contribution in [-0.2, 0) is 10.0 Å². The Kier molecular flexibility index (Phi) is 6.21. The van der Waals surface area contributed by atoms with Gasteiger partial charge in [0.25, 0.3) is 0 Å². The van der Waals surface area contributed by atoms with E-state index in [9.17, 15) is 8.42 Å². The molecule has 0 bridgehead atoms. The summed E-state index contributed by atoms with van der Waals surface area (Å²) in [5.74, 6) is 0. The molecule has 1 atom stereocenters. The van der Waals surface area contributed by atoms with Crippen LogP contribution in [0.4, 0.5) is 5.69 Å². The van der Waals surface area contributed by atoms with E-state index in [4.69, 9.17) is 0 Å². The van der Waals surface area contributed by atoms with E-state index < -0.39 is 10.0 Å². The van der Waals surface area contributed by atoms with Crippen molar-refractivity contribution in [3.8, 4) is 0 Å². The van der Waals surface area contributed by atoms with Crippen molar-refractivity contribution in [2.24, 2.45) is 0 Å². The summed E-state index contributed by atoms with van der Waals surface area (Å²) >= 11 is 0. The average Bonchev–Trinajstić information content (AvgIpc) is 2.55. The minimum atomic E-state index is -3.53. The lowest BCUT2D eigenvalue weighted by Crippen LogP contribution is -2.34. The van der Waals surface area contributed by atoms with Gasteiger partial charge in [0.1, 0.15) is 0 Å². The second-order valence-electron chi connectivity index (χ2n) is 6.63. The van der Waals surface area contributed by atoms with Crippen molar-refractivity contribution in [2.75, 3.05) is 39.6 Å². The Morgan fingerprint density at radius 1 is 1.00 bits per heavy atom. The first-order valence-corrected chi connectivity index (χ1v) is 9.69. The molecule has 0 unspecified atom stereocenters. The highest BCUT2D eigenvalue weighted by Crippen LogP contribution is 2.21. The molecule has 136 valence electrons. The molecule has 0 fully saturated rings. The highest BCUT2D eigenvalue weighted by Gasteiger charge is 2.19. The quantitative estimate of drug-likeness (QED) is 0.824. The van der Waals surface area contributed by atoms with Gasteiger partial charge in [-0.1, -0.05) is 24.3 Å². The summed E-state index contributed by atoms with van der Waals surface area (Å²) in [6, 6.07) is 15.1. The molecule has 5 nitrogen and oxygen atoms in total. The van der Waals surface area contributed by atoms with Crippen molar-refractivity contribution in [3.63, 3.8) is 0 Å². The van der Waals surface area contributed by atoms with Gasteiger partial charge in [0.05, 0.1) is 4.90 Å². The number of likely N-dealkylation sites (N-methyl/N-ethyl adjacent to an activating group) is 1. The molecule has 25 heavy (non-hydrogen) atoms. The van der Waals surface area contributed by atoms with Crippen LogP contribution in [0.25, 0.3) is 0 Å². The molecular weight excluding hydrogens is 334 g/mol. The van der Waals surface area contributed by atoms with Crippen LogP contribution in [-0.4, -0.2) is 48.1 Å². The largest absolute Gasteiger partial charge is 0.378 e. The highest BCUT2D eigenvalue weighted by atomic mass is 32.2. The van der Waals surface area contributed by atoms with Crippen LogP contribution in [0.3, 0.4) is 0 Å². The standard InChI is InChI=1S/C19H27N3O2S/c1-15-7-6-8-18(13-15)25(23,24)20-14-19(22(4)5)16-9-11-17(12-10-16)21(2)3/h6-13,19-20H,14H2,1-5H3/t19-/m1/s1. The predicted molar refractivity (Wildman–Crippen MR) is 104 cm³/mol. The minimum absolute atomic E-state index is 0.0456. The maximum Gasteiger partial charge on any atom is 0.240 e. The summed E-state index contributed by atoms with van der Waals surface area (Å²) in [7, 11) is 4.36.